The Bertz CT molecular complexity index is 407. The molecule has 4 atom stereocenters. The lowest BCUT2D eigenvalue weighted by Crippen LogP contribution is -2.41. The number of rotatable bonds is 1. The minimum Gasteiger partial charge on any atom is -0.501 e. The number of hydrogen-bond donors (Lipinski definition) is 0. The topological polar surface area (TPSA) is 41.9 Å². The van der Waals surface area contributed by atoms with Gasteiger partial charge in [0.05, 0.1) is 43.3 Å². The van der Waals surface area contributed by atoms with E-state index in [-0.39, 0.29) is 29.2 Å². The molecule has 1 saturated heterocycles. The number of carbonyl (C=O) groups is 1. The minimum absolute atomic E-state index is 0.0951. The highest BCUT2D eigenvalue weighted by Gasteiger charge is 2.52. The summed E-state index contributed by atoms with van der Waals surface area (Å²) in [6, 6.07) is 0.171. The van der Waals surface area contributed by atoms with E-state index in [0.717, 1.165) is 5.76 Å². The van der Waals surface area contributed by atoms with E-state index in [1.165, 1.54) is 0 Å². The maximum Gasteiger partial charge on any atom is 0.228 e. The Morgan fingerprint density at radius 1 is 1.59 bits per heavy atom. The molecule has 1 amide bonds. The van der Waals surface area contributed by atoms with Crippen molar-refractivity contribution in [2.75, 3.05) is 20.2 Å². The van der Waals surface area contributed by atoms with Gasteiger partial charge in [-0.1, -0.05) is 0 Å². The Morgan fingerprint density at radius 2 is 2.41 bits per heavy atom. The summed E-state index contributed by atoms with van der Waals surface area (Å²) in [6.07, 6.45) is 4.54. The number of halogens is 1. The number of allylic oxidation sites excluding steroid dienone is 1. The van der Waals surface area contributed by atoms with Crippen molar-refractivity contribution in [3.05, 3.63) is 11.8 Å². The molecule has 0 bridgehead atoms. The van der Waals surface area contributed by atoms with Gasteiger partial charge in [-0.25, -0.2) is 0 Å². The number of amides is 1. The summed E-state index contributed by atoms with van der Waals surface area (Å²) in [5.74, 6) is 1.14. The van der Waals surface area contributed by atoms with Crippen LogP contribution < -0.4 is 0 Å². The predicted molar refractivity (Wildman–Crippen MR) is 65.2 cm³/mol. The van der Waals surface area contributed by atoms with Gasteiger partial charge in [-0.15, -0.1) is 11.6 Å². The summed E-state index contributed by atoms with van der Waals surface area (Å²) < 4.78 is 5.29. The lowest BCUT2D eigenvalue weighted by molar-refractivity contribution is -0.131. The Hall–Kier alpha value is -1.03. The first-order chi connectivity index (χ1) is 8.22. The second-order valence-electron chi connectivity index (χ2n) is 4.77. The first-order valence-electron chi connectivity index (χ1n) is 5.90. The van der Waals surface area contributed by atoms with Gasteiger partial charge in [0.15, 0.2) is 0 Å². The van der Waals surface area contributed by atoms with E-state index in [1.807, 2.05) is 11.1 Å². The number of nitrogens with zero attached hydrogens (tertiary/aromatic N) is 2. The van der Waals surface area contributed by atoms with Crippen LogP contribution in [0.5, 0.6) is 0 Å². The van der Waals surface area contributed by atoms with Crippen LogP contribution in [0.3, 0.4) is 0 Å². The highest BCUT2D eigenvalue weighted by Crippen LogP contribution is 2.43. The molecule has 4 nitrogen and oxygen atoms in total. The third-order valence-electron chi connectivity index (χ3n) is 3.95. The van der Waals surface area contributed by atoms with Crippen molar-refractivity contribution in [2.24, 2.45) is 16.8 Å². The smallest absolute Gasteiger partial charge is 0.228 e. The maximum atomic E-state index is 12.3. The second-order valence-corrected chi connectivity index (χ2v) is 5.33. The predicted octanol–water partition coefficient (Wildman–Crippen LogP) is 1.06. The summed E-state index contributed by atoms with van der Waals surface area (Å²) in [4.78, 5) is 18.5. The fraction of sp³-hybridized carbons (Fsp3) is 0.667. The standard InChI is InChI=1S/C12H15ClN2O2/c1-17-7-4-8-10-6-14-2-3-15(10)12(16)11(8)9(13)5-7/h2,4,8-11H,3,5-6H2,1H3. The molecule has 2 aliphatic heterocycles. The van der Waals surface area contributed by atoms with E-state index >= 15 is 0 Å². The molecule has 3 aliphatic rings. The molecule has 0 spiro atoms. The first kappa shape index (κ1) is 11.1. The zero-order valence-electron chi connectivity index (χ0n) is 9.67. The van der Waals surface area contributed by atoms with Crippen LogP contribution in [0.2, 0.25) is 0 Å². The van der Waals surface area contributed by atoms with Gasteiger partial charge in [-0.05, 0) is 6.08 Å². The number of fused-ring (bicyclic) bond motifs is 3. The Balaban J connectivity index is 1.97. The van der Waals surface area contributed by atoms with E-state index in [1.54, 1.807) is 7.11 Å². The van der Waals surface area contributed by atoms with Crippen LogP contribution in [0.1, 0.15) is 6.42 Å². The number of methoxy groups -OCH3 is 1. The highest BCUT2D eigenvalue weighted by molar-refractivity contribution is 6.22. The monoisotopic (exact) mass is 254 g/mol. The van der Waals surface area contributed by atoms with Crippen molar-refractivity contribution in [3.8, 4) is 0 Å². The van der Waals surface area contributed by atoms with Gasteiger partial charge in [0.25, 0.3) is 0 Å². The molecule has 3 rings (SSSR count). The Morgan fingerprint density at radius 3 is 3.18 bits per heavy atom. The van der Waals surface area contributed by atoms with Gasteiger partial charge in [-0.2, -0.15) is 0 Å². The van der Waals surface area contributed by atoms with Crippen LogP contribution in [-0.2, 0) is 9.53 Å². The molecule has 0 aromatic rings. The lowest BCUT2D eigenvalue weighted by Gasteiger charge is -2.30. The minimum atomic E-state index is -0.155. The van der Waals surface area contributed by atoms with Gasteiger partial charge >= 0.3 is 0 Å². The SMILES string of the molecule is COC1=CC2C(C(=O)N3CC=NCC23)C(Cl)C1. The van der Waals surface area contributed by atoms with Crippen molar-refractivity contribution < 1.29 is 9.53 Å². The van der Waals surface area contributed by atoms with Crippen molar-refractivity contribution in [1.82, 2.24) is 4.90 Å². The van der Waals surface area contributed by atoms with Crippen LogP contribution in [0.15, 0.2) is 16.8 Å². The number of carbonyl (C=O) groups excluding carboxylic acids is 1. The van der Waals surface area contributed by atoms with Gasteiger partial charge in [0.2, 0.25) is 5.91 Å². The van der Waals surface area contributed by atoms with Crippen LogP contribution >= 0.6 is 11.6 Å². The van der Waals surface area contributed by atoms with Gasteiger partial charge < -0.3 is 9.64 Å². The van der Waals surface area contributed by atoms with Crippen LogP contribution in [0.4, 0.5) is 0 Å². The molecule has 2 heterocycles. The maximum absolute atomic E-state index is 12.3. The highest BCUT2D eigenvalue weighted by atomic mass is 35.5. The van der Waals surface area contributed by atoms with E-state index in [4.69, 9.17) is 16.3 Å². The van der Waals surface area contributed by atoms with E-state index in [0.29, 0.717) is 19.5 Å². The molecular formula is C12H15ClN2O2. The van der Waals surface area contributed by atoms with Crippen LogP contribution in [0, 0.1) is 11.8 Å². The number of hydrogen-bond acceptors (Lipinski definition) is 3. The average molecular weight is 255 g/mol. The molecule has 0 N–H and O–H groups in total. The molecule has 17 heavy (non-hydrogen) atoms. The van der Waals surface area contributed by atoms with E-state index in [2.05, 4.69) is 11.1 Å². The van der Waals surface area contributed by atoms with E-state index < -0.39 is 0 Å². The van der Waals surface area contributed by atoms with E-state index in [9.17, 15) is 4.79 Å². The third-order valence-corrected chi connectivity index (χ3v) is 4.38. The number of aliphatic imine (C=N–C) groups is 1. The summed E-state index contributed by atoms with van der Waals surface area (Å²) in [7, 11) is 1.66. The molecule has 0 radical (unpaired) electrons. The number of ether oxygens (including phenoxy) is 1. The zero-order chi connectivity index (χ0) is 12.0. The molecule has 0 saturated carbocycles. The fourth-order valence-corrected chi connectivity index (χ4v) is 3.53. The number of alkyl halides is 1. The molecular weight excluding hydrogens is 240 g/mol. The molecule has 4 unspecified atom stereocenters. The fourth-order valence-electron chi connectivity index (χ4n) is 3.10. The van der Waals surface area contributed by atoms with Gasteiger partial charge in [-0.3, -0.25) is 9.79 Å². The second kappa shape index (κ2) is 4.02. The van der Waals surface area contributed by atoms with Crippen molar-refractivity contribution in [1.29, 1.82) is 0 Å². The average Bonchev–Trinajstić information content (AvgIpc) is 2.64. The molecule has 1 fully saturated rings. The summed E-state index contributed by atoms with van der Waals surface area (Å²) in [5.41, 5.74) is 0. The lowest BCUT2D eigenvalue weighted by atomic mass is 9.81. The zero-order valence-corrected chi connectivity index (χ0v) is 10.4. The van der Waals surface area contributed by atoms with Gasteiger partial charge in [0.1, 0.15) is 0 Å². The summed E-state index contributed by atoms with van der Waals surface area (Å²) in [5, 5.41) is -0.155. The van der Waals surface area contributed by atoms with Crippen molar-refractivity contribution >= 4 is 23.7 Å². The molecule has 92 valence electrons. The Labute approximate surface area is 105 Å². The van der Waals surface area contributed by atoms with Crippen LogP contribution in [-0.4, -0.2) is 48.6 Å². The Kier molecular flexibility index (Phi) is 2.62. The molecule has 5 heteroatoms. The molecule has 1 aliphatic carbocycles. The quantitative estimate of drug-likeness (QED) is 0.657. The molecule has 0 aromatic carbocycles. The van der Waals surface area contributed by atoms with Crippen molar-refractivity contribution in [2.45, 2.75) is 17.8 Å². The van der Waals surface area contributed by atoms with Gasteiger partial charge in [0, 0.05) is 18.6 Å². The van der Waals surface area contributed by atoms with Crippen molar-refractivity contribution in [3.63, 3.8) is 0 Å². The summed E-state index contributed by atoms with van der Waals surface area (Å²) >= 11 is 6.34. The summed E-state index contributed by atoms with van der Waals surface area (Å²) in [6.45, 7) is 1.31. The third kappa shape index (κ3) is 1.58. The van der Waals surface area contributed by atoms with Crippen LogP contribution in [0.25, 0.3) is 0 Å². The first-order valence-corrected chi connectivity index (χ1v) is 6.33. The molecule has 0 aromatic heterocycles. The largest absolute Gasteiger partial charge is 0.501 e. The normalized spacial score (nSPS) is 39.8.